The standard InChI is InChI=1S/C16H22N2O3/c19-16(15-12-20-10-11-21-15)17-7-9-18-8-3-5-13-4-1-2-6-14(13)18/h1-2,4,6,15H,3,5,7-12H2,(H,17,19)/t15-/m0/s1. The Morgan fingerprint density at radius 3 is 3.10 bits per heavy atom. The van der Waals surface area contributed by atoms with E-state index >= 15 is 0 Å². The summed E-state index contributed by atoms with van der Waals surface area (Å²) in [5, 5.41) is 2.94. The second-order valence-corrected chi connectivity index (χ2v) is 5.44. The molecular weight excluding hydrogens is 268 g/mol. The summed E-state index contributed by atoms with van der Waals surface area (Å²) in [6, 6.07) is 8.51. The van der Waals surface area contributed by atoms with Crippen molar-refractivity contribution in [2.75, 3.05) is 44.4 Å². The van der Waals surface area contributed by atoms with Crippen LogP contribution in [0.1, 0.15) is 12.0 Å². The number of benzene rings is 1. The fourth-order valence-corrected chi connectivity index (χ4v) is 2.91. The van der Waals surface area contributed by atoms with E-state index in [0.29, 0.717) is 26.4 Å². The molecule has 0 bridgehead atoms. The molecule has 21 heavy (non-hydrogen) atoms. The third-order valence-electron chi connectivity index (χ3n) is 4.00. The van der Waals surface area contributed by atoms with E-state index < -0.39 is 6.10 Å². The number of para-hydroxylation sites is 1. The lowest BCUT2D eigenvalue weighted by Crippen LogP contribution is -2.45. The molecule has 0 spiro atoms. The van der Waals surface area contributed by atoms with Crippen molar-refractivity contribution >= 4 is 11.6 Å². The highest BCUT2D eigenvalue weighted by Crippen LogP contribution is 2.25. The lowest BCUT2D eigenvalue weighted by molar-refractivity contribution is -0.147. The molecular formula is C16H22N2O3. The Labute approximate surface area is 125 Å². The zero-order valence-corrected chi connectivity index (χ0v) is 12.2. The van der Waals surface area contributed by atoms with Crippen molar-refractivity contribution in [2.24, 2.45) is 0 Å². The van der Waals surface area contributed by atoms with Gasteiger partial charge in [-0.15, -0.1) is 0 Å². The van der Waals surface area contributed by atoms with Gasteiger partial charge in [0.15, 0.2) is 6.10 Å². The molecule has 3 rings (SSSR count). The van der Waals surface area contributed by atoms with Crippen LogP contribution in [-0.2, 0) is 20.7 Å². The summed E-state index contributed by atoms with van der Waals surface area (Å²) in [6.07, 6.45) is 1.86. The third kappa shape index (κ3) is 3.54. The van der Waals surface area contributed by atoms with Gasteiger partial charge in [-0.25, -0.2) is 0 Å². The molecule has 0 radical (unpaired) electrons. The van der Waals surface area contributed by atoms with Crippen LogP contribution < -0.4 is 10.2 Å². The molecule has 0 unspecified atom stereocenters. The minimum atomic E-state index is -0.451. The predicted octanol–water partition coefficient (Wildman–Crippen LogP) is 0.971. The van der Waals surface area contributed by atoms with Crippen molar-refractivity contribution in [3.8, 4) is 0 Å². The van der Waals surface area contributed by atoms with Gasteiger partial charge in [-0.3, -0.25) is 4.79 Å². The first-order valence-electron chi connectivity index (χ1n) is 7.64. The van der Waals surface area contributed by atoms with Crippen LogP contribution in [0.4, 0.5) is 5.69 Å². The fourth-order valence-electron chi connectivity index (χ4n) is 2.91. The molecule has 5 heteroatoms. The maximum absolute atomic E-state index is 12.0. The number of amides is 1. The van der Waals surface area contributed by atoms with Crippen LogP contribution in [0.5, 0.6) is 0 Å². The highest BCUT2D eigenvalue weighted by atomic mass is 16.6. The van der Waals surface area contributed by atoms with E-state index in [4.69, 9.17) is 9.47 Å². The van der Waals surface area contributed by atoms with Crippen LogP contribution in [0, 0.1) is 0 Å². The number of nitrogens with zero attached hydrogens (tertiary/aromatic N) is 1. The molecule has 1 aromatic carbocycles. The molecule has 0 aromatic heterocycles. The Kier molecular flexibility index (Phi) is 4.72. The van der Waals surface area contributed by atoms with Crippen molar-refractivity contribution < 1.29 is 14.3 Å². The lowest BCUT2D eigenvalue weighted by Gasteiger charge is -2.31. The van der Waals surface area contributed by atoms with E-state index in [2.05, 4.69) is 34.5 Å². The molecule has 1 saturated heterocycles. The number of rotatable bonds is 4. The molecule has 1 atom stereocenters. The van der Waals surface area contributed by atoms with Crippen LogP contribution in [0.25, 0.3) is 0 Å². The van der Waals surface area contributed by atoms with Crippen molar-refractivity contribution in [1.29, 1.82) is 0 Å². The molecule has 0 saturated carbocycles. The number of carbonyl (C=O) groups is 1. The van der Waals surface area contributed by atoms with Gasteiger partial charge >= 0.3 is 0 Å². The highest BCUT2D eigenvalue weighted by Gasteiger charge is 2.22. The summed E-state index contributed by atoms with van der Waals surface area (Å²) in [7, 11) is 0. The number of anilines is 1. The summed E-state index contributed by atoms with van der Waals surface area (Å²) < 4.78 is 10.6. The minimum Gasteiger partial charge on any atom is -0.376 e. The molecule has 1 N–H and O–H groups in total. The first-order chi connectivity index (χ1) is 10.3. The Balaban J connectivity index is 1.48. The maximum atomic E-state index is 12.0. The summed E-state index contributed by atoms with van der Waals surface area (Å²) in [6.45, 7) is 3.95. The van der Waals surface area contributed by atoms with Crippen molar-refractivity contribution in [2.45, 2.75) is 18.9 Å². The Bertz CT molecular complexity index is 486. The van der Waals surface area contributed by atoms with E-state index in [1.807, 2.05) is 0 Å². The number of aryl methyl sites for hydroxylation is 1. The van der Waals surface area contributed by atoms with Gasteiger partial charge in [-0.1, -0.05) is 18.2 Å². The monoisotopic (exact) mass is 290 g/mol. The topological polar surface area (TPSA) is 50.8 Å². The largest absolute Gasteiger partial charge is 0.376 e. The molecule has 114 valence electrons. The SMILES string of the molecule is O=C(NCCN1CCCc2ccccc21)[C@@H]1COCCO1. The summed E-state index contributed by atoms with van der Waals surface area (Å²) >= 11 is 0. The number of hydrogen-bond donors (Lipinski definition) is 1. The average molecular weight is 290 g/mol. The molecule has 1 fully saturated rings. The number of carbonyl (C=O) groups excluding carboxylic acids is 1. The molecule has 5 nitrogen and oxygen atoms in total. The molecule has 1 aromatic rings. The van der Waals surface area contributed by atoms with Gasteiger partial charge in [-0.2, -0.15) is 0 Å². The van der Waals surface area contributed by atoms with Gasteiger partial charge < -0.3 is 19.7 Å². The van der Waals surface area contributed by atoms with Gasteiger partial charge in [0, 0.05) is 25.3 Å². The number of nitrogens with one attached hydrogen (secondary N) is 1. The van der Waals surface area contributed by atoms with Crippen molar-refractivity contribution in [3.05, 3.63) is 29.8 Å². The Hall–Kier alpha value is -1.59. The molecule has 2 heterocycles. The smallest absolute Gasteiger partial charge is 0.251 e. The molecule has 2 aliphatic heterocycles. The third-order valence-corrected chi connectivity index (χ3v) is 4.00. The Morgan fingerprint density at radius 2 is 2.24 bits per heavy atom. The number of hydrogen-bond acceptors (Lipinski definition) is 4. The van der Waals surface area contributed by atoms with Gasteiger partial charge in [0.25, 0.3) is 5.91 Å². The van der Waals surface area contributed by atoms with E-state index in [-0.39, 0.29) is 5.91 Å². The summed E-state index contributed by atoms with van der Waals surface area (Å²) in [5.74, 6) is -0.0694. The van der Waals surface area contributed by atoms with Crippen LogP contribution >= 0.6 is 0 Å². The first kappa shape index (κ1) is 14.4. The van der Waals surface area contributed by atoms with E-state index in [1.165, 1.54) is 17.7 Å². The van der Waals surface area contributed by atoms with E-state index in [1.54, 1.807) is 0 Å². The first-order valence-corrected chi connectivity index (χ1v) is 7.64. The van der Waals surface area contributed by atoms with E-state index in [9.17, 15) is 4.79 Å². The van der Waals surface area contributed by atoms with Gasteiger partial charge in [0.1, 0.15) is 0 Å². The van der Waals surface area contributed by atoms with Crippen LogP contribution in [0.2, 0.25) is 0 Å². The minimum absolute atomic E-state index is 0.0694. The molecule has 2 aliphatic rings. The molecule has 0 aliphatic carbocycles. The normalized spacial score (nSPS) is 21.7. The fraction of sp³-hybridized carbons (Fsp3) is 0.562. The number of fused-ring (bicyclic) bond motifs is 1. The van der Waals surface area contributed by atoms with Gasteiger partial charge in [0.2, 0.25) is 0 Å². The van der Waals surface area contributed by atoms with Crippen LogP contribution in [0.3, 0.4) is 0 Å². The second kappa shape index (κ2) is 6.91. The zero-order chi connectivity index (χ0) is 14.5. The molecule has 1 amide bonds. The van der Waals surface area contributed by atoms with Crippen LogP contribution in [0.15, 0.2) is 24.3 Å². The van der Waals surface area contributed by atoms with E-state index in [0.717, 1.165) is 19.5 Å². The highest BCUT2D eigenvalue weighted by molar-refractivity contribution is 5.81. The van der Waals surface area contributed by atoms with Gasteiger partial charge in [0.05, 0.1) is 19.8 Å². The maximum Gasteiger partial charge on any atom is 0.251 e. The quantitative estimate of drug-likeness (QED) is 0.898. The number of ether oxygens (including phenoxy) is 2. The van der Waals surface area contributed by atoms with Gasteiger partial charge in [-0.05, 0) is 24.5 Å². The average Bonchev–Trinajstić information content (AvgIpc) is 2.56. The predicted molar refractivity (Wildman–Crippen MR) is 80.5 cm³/mol. The van der Waals surface area contributed by atoms with Crippen molar-refractivity contribution in [3.63, 3.8) is 0 Å². The Morgan fingerprint density at radius 1 is 1.33 bits per heavy atom. The summed E-state index contributed by atoms with van der Waals surface area (Å²) in [5.41, 5.74) is 2.70. The van der Waals surface area contributed by atoms with Crippen molar-refractivity contribution in [1.82, 2.24) is 5.32 Å². The zero-order valence-electron chi connectivity index (χ0n) is 12.2. The lowest BCUT2D eigenvalue weighted by atomic mass is 10.0. The second-order valence-electron chi connectivity index (χ2n) is 5.44. The van der Waals surface area contributed by atoms with Crippen LogP contribution in [-0.4, -0.2) is 51.5 Å². The summed E-state index contributed by atoms with van der Waals surface area (Å²) in [4.78, 5) is 14.3.